The lowest BCUT2D eigenvalue weighted by atomic mass is 9.96. The summed E-state index contributed by atoms with van der Waals surface area (Å²) in [6, 6.07) is 10.9. The maximum absolute atomic E-state index is 13.7. The van der Waals surface area contributed by atoms with E-state index in [4.69, 9.17) is 5.73 Å². The van der Waals surface area contributed by atoms with Crippen LogP contribution in [0.25, 0.3) is 0 Å². The van der Waals surface area contributed by atoms with Gasteiger partial charge in [0, 0.05) is 31.5 Å². The largest absolute Gasteiger partial charge is 0.370 e. The quantitative estimate of drug-likeness (QED) is 0.885. The fourth-order valence-electron chi connectivity index (χ4n) is 3.09. The number of amides is 1. The molecule has 2 aromatic rings. The van der Waals surface area contributed by atoms with Crippen LogP contribution in [0.2, 0.25) is 0 Å². The Labute approximate surface area is 140 Å². The Morgan fingerprint density at radius 2 is 2.17 bits per heavy atom. The number of rotatable bonds is 5. The molecule has 0 spiro atoms. The Morgan fingerprint density at radius 1 is 1.33 bits per heavy atom. The second-order valence-corrected chi connectivity index (χ2v) is 6.00. The molecular weight excluding hydrogens is 307 g/mol. The molecule has 0 radical (unpaired) electrons. The fourth-order valence-corrected chi connectivity index (χ4v) is 3.09. The second kappa shape index (κ2) is 7.29. The van der Waals surface area contributed by atoms with Crippen LogP contribution in [0.15, 0.2) is 42.6 Å². The summed E-state index contributed by atoms with van der Waals surface area (Å²) in [4.78, 5) is 17.7. The van der Waals surface area contributed by atoms with E-state index in [-0.39, 0.29) is 23.5 Å². The van der Waals surface area contributed by atoms with E-state index in [0.717, 1.165) is 30.6 Å². The van der Waals surface area contributed by atoms with E-state index in [1.807, 2.05) is 24.3 Å². The third kappa shape index (κ3) is 3.64. The van der Waals surface area contributed by atoms with Gasteiger partial charge in [0.05, 0.1) is 5.92 Å². The van der Waals surface area contributed by atoms with Gasteiger partial charge in [0.25, 0.3) is 0 Å². The molecule has 126 valence electrons. The lowest BCUT2D eigenvalue weighted by Crippen LogP contribution is -2.41. The summed E-state index contributed by atoms with van der Waals surface area (Å²) in [5.41, 5.74) is 7.55. The average Bonchev–Trinajstić information content (AvgIpc) is 2.61. The number of carbonyl (C=O) groups excluding carboxylic acids is 1. The number of hydrogen-bond acceptors (Lipinski definition) is 4. The van der Waals surface area contributed by atoms with Gasteiger partial charge in [-0.05, 0) is 36.6 Å². The van der Waals surface area contributed by atoms with Crippen molar-refractivity contribution in [2.45, 2.75) is 19.4 Å². The van der Waals surface area contributed by atoms with Crippen LogP contribution in [0.3, 0.4) is 0 Å². The van der Waals surface area contributed by atoms with Crippen molar-refractivity contribution in [2.24, 2.45) is 11.7 Å². The highest BCUT2D eigenvalue weighted by Crippen LogP contribution is 2.27. The highest BCUT2D eigenvalue weighted by molar-refractivity contribution is 5.77. The maximum Gasteiger partial charge on any atom is 0.222 e. The van der Waals surface area contributed by atoms with Gasteiger partial charge < -0.3 is 16.0 Å². The predicted molar refractivity (Wildman–Crippen MR) is 92.1 cm³/mol. The molecule has 0 aliphatic carbocycles. The van der Waals surface area contributed by atoms with E-state index in [0.29, 0.717) is 13.1 Å². The number of benzene rings is 1. The van der Waals surface area contributed by atoms with Crippen LogP contribution in [0.5, 0.6) is 0 Å². The normalized spacial score (nSPS) is 17.5. The molecule has 3 N–H and O–H groups in total. The molecule has 1 fully saturated rings. The van der Waals surface area contributed by atoms with Crippen LogP contribution in [0, 0.1) is 11.7 Å². The molecule has 1 aromatic heterocycles. The van der Waals surface area contributed by atoms with Gasteiger partial charge in [-0.2, -0.15) is 0 Å². The summed E-state index contributed by atoms with van der Waals surface area (Å²) in [5.74, 6) is -0.499. The number of aromatic nitrogens is 1. The molecule has 1 aliphatic rings. The molecule has 24 heavy (non-hydrogen) atoms. The number of piperidine rings is 1. The van der Waals surface area contributed by atoms with Crippen molar-refractivity contribution in [1.29, 1.82) is 0 Å². The monoisotopic (exact) mass is 328 g/mol. The van der Waals surface area contributed by atoms with Gasteiger partial charge in [-0.25, -0.2) is 9.37 Å². The van der Waals surface area contributed by atoms with Gasteiger partial charge in [-0.3, -0.25) is 4.79 Å². The van der Waals surface area contributed by atoms with Crippen molar-refractivity contribution >= 4 is 17.4 Å². The first-order valence-electron chi connectivity index (χ1n) is 8.11. The van der Waals surface area contributed by atoms with E-state index >= 15 is 0 Å². The molecule has 6 heteroatoms. The molecule has 5 nitrogen and oxygen atoms in total. The van der Waals surface area contributed by atoms with E-state index in [1.165, 1.54) is 6.07 Å². The zero-order valence-electron chi connectivity index (χ0n) is 13.4. The highest BCUT2D eigenvalue weighted by Gasteiger charge is 2.25. The molecule has 1 atom stereocenters. The molecular formula is C18H21FN4O. The minimum Gasteiger partial charge on any atom is -0.370 e. The van der Waals surface area contributed by atoms with Crippen molar-refractivity contribution in [1.82, 2.24) is 4.98 Å². The lowest BCUT2D eigenvalue weighted by molar-refractivity contribution is -0.122. The van der Waals surface area contributed by atoms with E-state index in [1.54, 1.807) is 12.3 Å². The van der Waals surface area contributed by atoms with Crippen molar-refractivity contribution in [3.05, 3.63) is 54.0 Å². The number of nitrogens with one attached hydrogen (secondary N) is 1. The van der Waals surface area contributed by atoms with E-state index in [2.05, 4.69) is 15.2 Å². The lowest BCUT2D eigenvalue weighted by Gasteiger charge is -2.34. The molecule has 1 aliphatic heterocycles. The Kier molecular flexibility index (Phi) is 4.93. The zero-order chi connectivity index (χ0) is 16.9. The van der Waals surface area contributed by atoms with Crippen molar-refractivity contribution in [3.8, 4) is 0 Å². The van der Waals surface area contributed by atoms with Crippen LogP contribution >= 0.6 is 0 Å². The van der Waals surface area contributed by atoms with Crippen LogP contribution in [-0.2, 0) is 11.3 Å². The first kappa shape index (κ1) is 16.2. The van der Waals surface area contributed by atoms with Gasteiger partial charge >= 0.3 is 0 Å². The smallest absolute Gasteiger partial charge is 0.222 e. The third-order valence-electron chi connectivity index (χ3n) is 4.36. The van der Waals surface area contributed by atoms with Crippen LogP contribution < -0.4 is 16.0 Å². The molecule has 1 unspecified atom stereocenters. The van der Waals surface area contributed by atoms with E-state index < -0.39 is 0 Å². The maximum atomic E-state index is 13.7. The molecule has 0 saturated carbocycles. The number of nitrogens with zero attached hydrogens (tertiary/aromatic N) is 2. The van der Waals surface area contributed by atoms with Crippen molar-refractivity contribution < 1.29 is 9.18 Å². The van der Waals surface area contributed by atoms with Gasteiger partial charge in [0.1, 0.15) is 0 Å². The number of anilines is 2. The first-order chi connectivity index (χ1) is 11.6. The van der Waals surface area contributed by atoms with Crippen LogP contribution in [0.4, 0.5) is 15.9 Å². The van der Waals surface area contributed by atoms with Crippen molar-refractivity contribution in [3.63, 3.8) is 0 Å². The standard InChI is InChI=1S/C18H21FN4O/c19-15-7-3-9-21-18(15)22-11-13-5-1-2-8-16(13)23-10-4-6-14(12-23)17(20)24/h1-3,5,7-9,14H,4,6,10-12H2,(H2,20,24)(H,21,22). The summed E-state index contributed by atoms with van der Waals surface area (Å²) in [5, 5.41) is 3.04. The number of primary amides is 1. The minimum absolute atomic E-state index is 0.118. The number of carbonyl (C=O) groups is 1. The summed E-state index contributed by atoms with van der Waals surface area (Å²) >= 11 is 0. The minimum atomic E-state index is -0.373. The first-order valence-corrected chi connectivity index (χ1v) is 8.11. The molecule has 2 heterocycles. The highest BCUT2D eigenvalue weighted by atomic mass is 19.1. The van der Waals surface area contributed by atoms with Gasteiger partial charge in [-0.1, -0.05) is 18.2 Å². The van der Waals surface area contributed by atoms with Crippen molar-refractivity contribution in [2.75, 3.05) is 23.3 Å². The summed E-state index contributed by atoms with van der Waals surface area (Å²) in [7, 11) is 0. The SMILES string of the molecule is NC(=O)C1CCCN(c2ccccc2CNc2ncccc2F)C1. The van der Waals surface area contributed by atoms with Gasteiger partial charge in [-0.15, -0.1) is 0 Å². The Morgan fingerprint density at radius 3 is 2.96 bits per heavy atom. The third-order valence-corrected chi connectivity index (χ3v) is 4.36. The summed E-state index contributed by atoms with van der Waals surface area (Å²) in [6.07, 6.45) is 3.33. The number of para-hydroxylation sites is 1. The second-order valence-electron chi connectivity index (χ2n) is 6.00. The fraction of sp³-hybridized carbons (Fsp3) is 0.333. The van der Waals surface area contributed by atoms with Gasteiger partial charge in [0.15, 0.2) is 11.6 Å². The number of pyridine rings is 1. The molecule has 1 aromatic carbocycles. The summed E-state index contributed by atoms with van der Waals surface area (Å²) < 4.78 is 13.7. The predicted octanol–water partition coefficient (Wildman–Crippen LogP) is 2.53. The number of nitrogens with two attached hydrogens (primary N) is 1. The number of hydrogen-bond donors (Lipinski definition) is 2. The Hall–Kier alpha value is -2.63. The van der Waals surface area contributed by atoms with Crippen LogP contribution in [-0.4, -0.2) is 24.0 Å². The topological polar surface area (TPSA) is 71.2 Å². The molecule has 1 amide bonds. The molecule has 3 rings (SSSR count). The molecule has 0 bridgehead atoms. The van der Waals surface area contributed by atoms with Crippen LogP contribution in [0.1, 0.15) is 18.4 Å². The summed E-state index contributed by atoms with van der Waals surface area (Å²) in [6.45, 7) is 1.98. The van der Waals surface area contributed by atoms with E-state index in [9.17, 15) is 9.18 Å². The Bertz CT molecular complexity index is 722. The zero-order valence-corrected chi connectivity index (χ0v) is 13.4. The average molecular weight is 328 g/mol. The molecule has 1 saturated heterocycles. The Balaban J connectivity index is 1.75. The van der Waals surface area contributed by atoms with Gasteiger partial charge in [0.2, 0.25) is 5.91 Å². The number of halogens is 1.